The topological polar surface area (TPSA) is 66.8 Å². The molecule has 0 radical (unpaired) electrons. The van der Waals surface area contributed by atoms with Crippen LogP contribution in [0, 0.1) is 5.92 Å². The Morgan fingerprint density at radius 3 is 2.60 bits per heavy atom. The van der Waals surface area contributed by atoms with Crippen molar-refractivity contribution in [1.29, 1.82) is 0 Å². The number of aliphatic hydroxyl groups is 1. The Hall–Kier alpha value is -1.39. The van der Waals surface area contributed by atoms with Gasteiger partial charge in [0.05, 0.1) is 18.6 Å². The molecule has 0 amide bonds. The van der Waals surface area contributed by atoms with Crippen LogP contribution in [0.2, 0.25) is 0 Å². The molecule has 0 aromatic heterocycles. The number of carboxylic acids is 1. The summed E-state index contributed by atoms with van der Waals surface area (Å²) >= 11 is 0. The van der Waals surface area contributed by atoms with E-state index in [-0.39, 0.29) is 13.0 Å². The summed E-state index contributed by atoms with van der Waals surface area (Å²) in [7, 11) is 0. The van der Waals surface area contributed by atoms with Crippen molar-refractivity contribution in [3.63, 3.8) is 0 Å². The molecule has 0 aliphatic heterocycles. The van der Waals surface area contributed by atoms with Crippen molar-refractivity contribution >= 4 is 5.97 Å². The molecule has 4 heteroatoms. The summed E-state index contributed by atoms with van der Waals surface area (Å²) in [6.45, 7) is 2.89. The number of unbranched alkanes of at least 4 members (excludes halogenated alkanes) is 1. The average molecular weight is 280 g/mol. The fourth-order valence-corrected chi connectivity index (χ4v) is 2.03. The first kappa shape index (κ1) is 16.7. The molecular formula is C16H24O4. The maximum atomic E-state index is 11.3. The van der Waals surface area contributed by atoms with Gasteiger partial charge in [-0.15, -0.1) is 0 Å². The fraction of sp³-hybridized carbons (Fsp3) is 0.562. The molecule has 20 heavy (non-hydrogen) atoms. The Labute approximate surface area is 120 Å². The first-order chi connectivity index (χ1) is 9.63. The van der Waals surface area contributed by atoms with Crippen molar-refractivity contribution < 1.29 is 19.7 Å². The van der Waals surface area contributed by atoms with Crippen LogP contribution >= 0.6 is 0 Å². The monoisotopic (exact) mass is 280 g/mol. The first-order valence-corrected chi connectivity index (χ1v) is 7.16. The van der Waals surface area contributed by atoms with Crippen LogP contribution in [-0.4, -0.2) is 35.5 Å². The summed E-state index contributed by atoms with van der Waals surface area (Å²) in [5, 5.41) is 19.1. The van der Waals surface area contributed by atoms with Gasteiger partial charge in [0.1, 0.15) is 0 Å². The molecule has 4 nitrogen and oxygen atoms in total. The maximum absolute atomic E-state index is 11.3. The van der Waals surface area contributed by atoms with E-state index in [1.54, 1.807) is 0 Å². The summed E-state index contributed by atoms with van der Waals surface area (Å²) in [6, 6.07) is 9.48. The van der Waals surface area contributed by atoms with Gasteiger partial charge in [0, 0.05) is 6.61 Å². The normalized spacial score (nSPS) is 13.9. The quantitative estimate of drug-likeness (QED) is 0.646. The van der Waals surface area contributed by atoms with Crippen LogP contribution in [0.3, 0.4) is 0 Å². The summed E-state index contributed by atoms with van der Waals surface area (Å²) in [5.41, 5.74) is 0.971. The predicted molar refractivity (Wildman–Crippen MR) is 77.6 cm³/mol. The fourth-order valence-electron chi connectivity index (χ4n) is 2.03. The lowest BCUT2D eigenvalue weighted by atomic mass is 9.94. The molecule has 0 aliphatic rings. The van der Waals surface area contributed by atoms with Gasteiger partial charge < -0.3 is 14.9 Å². The number of benzene rings is 1. The summed E-state index contributed by atoms with van der Waals surface area (Å²) in [6.07, 6.45) is 1.93. The molecule has 0 heterocycles. The molecule has 0 saturated carbocycles. The lowest BCUT2D eigenvalue weighted by molar-refractivity contribution is -0.143. The molecule has 1 rings (SSSR count). The van der Waals surface area contributed by atoms with Crippen LogP contribution < -0.4 is 0 Å². The van der Waals surface area contributed by atoms with Gasteiger partial charge in [0.15, 0.2) is 0 Å². The Balaban J connectivity index is 2.40. The molecule has 2 N–H and O–H groups in total. The highest BCUT2D eigenvalue weighted by Crippen LogP contribution is 2.15. The van der Waals surface area contributed by atoms with Gasteiger partial charge in [-0.25, -0.2) is 0 Å². The maximum Gasteiger partial charge on any atom is 0.306 e. The first-order valence-electron chi connectivity index (χ1n) is 7.16. The molecule has 0 bridgehead atoms. The van der Waals surface area contributed by atoms with Gasteiger partial charge in [-0.3, -0.25) is 4.79 Å². The number of hydrogen-bond acceptors (Lipinski definition) is 3. The van der Waals surface area contributed by atoms with Crippen molar-refractivity contribution in [1.82, 2.24) is 0 Å². The van der Waals surface area contributed by atoms with Gasteiger partial charge in [0.25, 0.3) is 0 Å². The van der Waals surface area contributed by atoms with Crippen molar-refractivity contribution in [2.24, 2.45) is 5.92 Å². The summed E-state index contributed by atoms with van der Waals surface area (Å²) in [4.78, 5) is 11.3. The number of carboxylic acid groups (broad SMARTS) is 1. The third kappa shape index (κ3) is 6.68. The number of aliphatic carboxylic acids is 1. The lowest BCUT2D eigenvalue weighted by Crippen LogP contribution is -2.26. The largest absolute Gasteiger partial charge is 0.481 e. The average Bonchev–Trinajstić information content (AvgIpc) is 2.44. The van der Waals surface area contributed by atoms with E-state index in [1.807, 2.05) is 30.3 Å². The van der Waals surface area contributed by atoms with Crippen LogP contribution in [0.1, 0.15) is 31.7 Å². The second-order valence-electron chi connectivity index (χ2n) is 5.04. The Morgan fingerprint density at radius 2 is 2.00 bits per heavy atom. The molecule has 2 atom stereocenters. The number of ether oxygens (including phenoxy) is 1. The smallest absolute Gasteiger partial charge is 0.306 e. The minimum Gasteiger partial charge on any atom is -0.481 e. The van der Waals surface area contributed by atoms with Crippen LogP contribution in [0.4, 0.5) is 0 Å². The number of aliphatic hydroxyl groups excluding tert-OH is 1. The third-order valence-electron chi connectivity index (χ3n) is 3.18. The molecular weight excluding hydrogens is 256 g/mol. The van der Waals surface area contributed by atoms with Gasteiger partial charge >= 0.3 is 5.97 Å². The zero-order valence-corrected chi connectivity index (χ0v) is 12.0. The van der Waals surface area contributed by atoms with E-state index in [0.717, 1.165) is 18.4 Å². The molecule has 1 aromatic carbocycles. The van der Waals surface area contributed by atoms with Crippen LogP contribution in [0.5, 0.6) is 0 Å². The van der Waals surface area contributed by atoms with Crippen LogP contribution in [0.25, 0.3) is 0 Å². The van der Waals surface area contributed by atoms with Gasteiger partial charge in [0.2, 0.25) is 0 Å². The molecule has 112 valence electrons. The molecule has 1 aromatic rings. The molecule has 0 fully saturated rings. The van der Waals surface area contributed by atoms with E-state index in [1.165, 1.54) is 0 Å². The Bertz CT molecular complexity index is 377. The highest BCUT2D eigenvalue weighted by atomic mass is 16.5. The summed E-state index contributed by atoms with van der Waals surface area (Å²) in [5.74, 6) is -1.45. The Morgan fingerprint density at radius 1 is 1.30 bits per heavy atom. The molecule has 0 aliphatic carbocycles. The van der Waals surface area contributed by atoms with E-state index in [4.69, 9.17) is 4.74 Å². The van der Waals surface area contributed by atoms with Gasteiger partial charge in [-0.05, 0) is 24.8 Å². The zero-order chi connectivity index (χ0) is 14.8. The standard InChI is InChI=1S/C16H24O4/c1-2-3-9-20-12-15(17)11-14(16(18)19)10-13-7-5-4-6-8-13/h4-8,14-15,17H,2-3,9-12H2,1H3,(H,18,19). The minimum absolute atomic E-state index is 0.207. The van der Waals surface area contributed by atoms with E-state index in [2.05, 4.69) is 6.92 Å². The highest BCUT2D eigenvalue weighted by Gasteiger charge is 2.21. The van der Waals surface area contributed by atoms with Crippen LogP contribution in [0.15, 0.2) is 30.3 Å². The van der Waals surface area contributed by atoms with Crippen LogP contribution in [-0.2, 0) is 16.0 Å². The number of hydrogen-bond donors (Lipinski definition) is 2. The van der Waals surface area contributed by atoms with Crippen molar-refractivity contribution in [2.75, 3.05) is 13.2 Å². The second kappa shape index (κ2) is 9.50. The summed E-state index contributed by atoms with van der Waals surface area (Å²) < 4.78 is 5.32. The molecule has 0 spiro atoms. The van der Waals surface area contributed by atoms with Gasteiger partial charge in [-0.2, -0.15) is 0 Å². The SMILES string of the molecule is CCCCOCC(O)CC(Cc1ccccc1)C(=O)O. The van der Waals surface area contributed by atoms with Crippen molar-refractivity contribution in [3.8, 4) is 0 Å². The molecule has 2 unspecified atom stereocenters. The number of carbonyl (C=O) groups is 1. The predicted octanol–water partition coefficient (Wildman–Crippen LogP) is 2.50. The van der Waals surface area contributed by atoms with E-state index < -0.39 is 18.0 Å². The highest BCUT2D eigenvalue weighted by molar-refractivity contribution is 5.70. The zero-order valence-electron chi connectivity index (χ0n) is 12.0. The Kier molecular flexibility index (Phi) is 7.92. The van der Waals surface area contributed by atoms with E-state index in [0.29, 0.717) is 13.0 Å². The van der Waals surface area contributed by atoms with E-state index in [9.17, 15) is 15.0 Å². The van der Waals surface area contributed by atoms with Crippen molar-refractivity contribution in [2.45, 2.75) is 38.7 Å². The van der Waals surface area contributed by atoms with Gasteiger partial charge in [-0.1, -0.05) is 43.7 Å². The third-order valence-corrected chi connectivity index (χ3v) is 3.18. The van der Waals surface area contributed by atoms with Crippen molar-refractivity contribution in [3.05, 3.63) is 35.9 Å². The minimum atomic E-state index is -0.874. The molecule has 0 saturated heterocycles. The number of rotatable bonds is 10. The second-order valence-corrected chi connectivity index (χ2v) is 5.04. The van der Waals surface area contributed by atoms with E-state index >= 15 is 0 Å². The lowest BCUT2D eigenvalue weighted by Gasteiger charge is -2.17.